The highest BCUT2D eigenvalue weighted by Crippen LogP contribution is 2.30. The van der Waals surface area contributed by atoms with Gasteiger partial charge in [0, 0.05) is 11.8 Å². The highest BCUT2D eigenvalue weighted by atomic mass is 35.5. The molecule has 3 N–H and O–H groups in total. The molecule has 2 aromatic heterocycles. The molecule has 7 heteroatoms. The van der Waals surface area contributed by atoms with E-state index in [1.165, 1.54) is 0 Å². The van der Waals surface area contributed by atoms with Crippen LogP contribution in [0.2, 0.25) is 5.02 Å². The Morgan fingerprint density at radius 2 is 1.76 bits per heavy atom. The number of ketones is 1. The first-order valence-corrected chi connectivity index (χ1v) is 11.1. The Kier molecular flexibility index (Phi) is 6.66. The largest absolute Gasteiger partial charge is 0.494 e. The van der Waals surface area contributed by atoms with E-state index in [1.807, 2.05) is 0 Å². The normalized spacial score (nSPS) is 10.8. The zero-order valence-electron chi connectivity index (χ0n) is 18.2. The van der Waals surface area contributed by atoms with Gasteiger partial charge in [0.05, 0.1) is 34.1 Å². The van der Waals surface area contributed by atoms with Crippen molar-refractivity contribution >= 4 is 40.2 Å². The van der Waals surface area contributed by atoms with Crippen LogP contribution in [0.5, 0.6) is 5.75 Å². The van der Waals surface area contributed by atoms with Gasteiger partial charge >= 0.3 is 0 Å². The molecule has 2 aromatic carbocycles. The van der Waals surface area contributed by atoms with Crippen LogP contribution < -0.4 is 15.8 Å². The second-order valence-corrected chi connectivity index (χ2v) is 7.99. The number of nitrogen functional groups attached to an aromatic ring is 1. The number of ether oxygens (including phenoxy) is 1. The SMILES string of the molecule is CCCCOc1ccc(C(=O)c2c(N)c(C(=O)Nc3ccccc3Cl)c3ccccn23)cc1. The number of anilines is 2. The standard InChI is InChI=1S/C26H24ClN3O3/c1-2-3-16-33-18-13-11-17(12-14-18)25(31)24-23(28)22(21-10-6-7-15-30(21)24)26(32)29-20-9-5-4-8-19(20)27/h4-15H,2-3,16,28H2,1H3,(H,29,32). The molecule has 33 heavy (non-hydrogen) atoms. The zero-order valence-corrected chi connectivity index (χ0v) is 18.9. The minimum absolute atomic E-state index is 0.110. The first-order chi connectivity index (χ1) is 16.0. The van der Waals surface area contributed by atoms with Crippen LogP contribution in [0.3, 0.4) is 0 Å². The van der Waals surface area contributed by atoms with Gasteiger partial charge in [0.15, 0.2) is 0 Å². The van der Waals surface area contributed by atoms with Crippen LogP contribution in [-0.2, 0) is 0 Å². The molecule has 2 heterocycles. The Balaban J connectivity index is 1.69. The second-order valence-electron chi connectivity index (χ2n) is 7.58. The first kappa shape index (κ1) is 22.4. The van der Waals surface area contributed by atoms with E-state index >= 15 is 0 Å². The summed E-state index contributed by atoms with van der Waals surface area (Å²) in [5.41, 5.74) is 8.40. The number of para-hydroxylation sites is 1. The number of hydrogen-bond acceptors (Lipinski definition) is 4. The number of halogens is 1. The van der Waals surface area contributed by atoms with Crippen molar-refractivity contribution < 1.29 is 14.3 Å². The van der Waals surface area contributed by atoms with E-state index in [1.54, 1.807) is 77.3 Å². The summed E-state index contributed by atoms with van der Waals surface area (Å²) in [4.78, 5) is 26.6. The average molecular weight is 462 g/mol. The van der Waals surface area contributed by atoms with Gasteiger partial charge < -0.3 is 20.2 Å². The van der Waals surface area contributed by atoms with E-state index in [4.69, 9.17) is 22.1 Å². The second kappa shape index (κ2) is 9.79. The fourth-order valence-corrected chi connectivity index (χ4v) is 3.80. The van der Waals surface area contributed by atoms with Crippen LogP contribution in [0, 0.1) is 0 Å². The van der Waals surface area contributed by atoms with Crippen LogP contribution >= 0.6 is 11.6 Å². The summed E-state index contributed by atoms with van der Waals surface area (Å²) < 4.78 is 7.32. The van der Waals surface area contributed by atoms with Crippen LogP contribution in [0.4, 0.5) is 11.4 Å². The molecule has 168 valence electrons. The number of carbonyl (C=O) groups is 2. The minimum Gasteiger partial charge on any atom is -0.494 e. The fraction of sp³-hybridized carbons (Fsp3) is 0.154. The maximum atomic E-state index is 13.4. The highest BCUT2D eigenvalue weighted by Gasteiger charge is 2.26. The van der Waals surface area contributed by atoms with Crippen molar-refractivity contribution in [1.29, 1.82) is 0 Å². The molecule has 0 unspecified atom stereocenters. The number of rotatable bonds is 8. The third-order valence-corrected chi connectivity index (χ3v) is 5.66. The van der Waals surface area contributed by atoms with Gasteiger partial charge in [-0.05, 0) is 55.0 Å². The Hall–Kier alpha value is -3.77. The predicted molar refractivity (Wildman–Crippen MR) is 131 cm³/mol. The van der Waals surface area contributed by atoms with Gasteiger partial charge in [0.1, 0.15) is 11.4 Å². The lowest BCUT2D eigenvalue weighted by atomic mass is 10.1. The molecule has 6 nitrogen and oxygen atoms in total. The summed E-state index contributed by atoms with van der Waals surface area (Å²) >= 11 is 6.19. The van der Waals surface area contributed by atoms with Gasteiger partial charge in [0.25, 0.3) is 5.91 Å². The van der Waals surface area contributed by atoms with Crippen LogP contribution in [0.15, 0.2) is 72.9 Å². The summed E-state index contributed by atoms with van der Waals surface area (Å²) in [6, 6.07) is 19.2. The molecule has 0 bridgehead atoms. The van der Waals surface area contributed by atoms with E-state index in [0.29, 0.717) is 34.1 Å². The van der Waals surface area contributed by atoms with Crippen molar-refractivity contribution in [1.82, 2.24) is 4.40 Å². The molecule has 1 amide bonds. The Morgan fingerprint density at radius 1 is 1.03 bits per heavy atom. The molecule has 0 spiro atoms. The molecule has 0 aliphatic rings. The lowest BCUT2D eigenvalue weighted by Gasteiger charge is -2.08. The summed E-state index contributed by atoms with van der Waals surface area (Å²) in [5, 5.41) is 3.20. The highest BCUT2D eigenvalue weighted by molar-refractivity contribution is 6.34. The molecule has 0 aliphatic carbocycles. The number of carbonyl (C=O) groups excluding carboxylic acids is 2. The lowest BCUT2D eigenvalue weighted by molar-refractivity contribution is 0.102. The lowest BCUT2D eigenvalue weighted by Crippen LogP contribution is -2.14. The van der Waals surface area contributed by atoms with Crippen LogP contribution in [-0.4, -0.2) is 22.7 Å². The molecule has 0 radical (unpaired) electrons. The predicted octanol–water partition coefficient (Wildman–Crippen LogP) is 5.84. The number of hydrogen-bond donors (Lipinski definition) is 2. The Bertz CT molecular complexity index is 1310. The number of amides is 1. The Labute approximate surface area is 196 Å². The first-order valence-electron chi connectivity index (χ1n) is 10.7. The van der Waals surface area contributed by atoms with Crippen molar-refractivity contribution in [3.05, 3.63) is 94.8 Å². The summed E-state index contributed by atoms with van der Waals surface area (Å²) in [7, 11) is 0. The summed E-state index contributed by atoms with van der Waals surface area (Å²) in [6.07, 6.45) is 3.73. The van der Waals surface area contributed by atoms with E-state index in [0.717, 1.165) is 12.8 Å². The molecule has 0 saturated carbocycles. The van der Waals surface area contributed by atoms with Crippen molar-refractivity contribution in [3.8, 4) is 5.75 Å². The minimum atomic E-state index is -0.442. The fourth-order valence-electron chi connectivity index (χ4n) is 3.62. The van der Waals surface area contributed by atoms with Gasteiger partial charge in [-0.25, -0.2) is 0 Å². The van der Waals surface area contributed by atoms with Crippen molar-refractivity contribution in [2.75, 3.05) is 17.7 Å². The zero-order chi connectivity index (χ0) is 23.4. The summed E-state index contributed by atoms with van der Waals surface area (Å²) in [6.45, 7) is 2.73. The number of nitrogens with one attached hydrogen (secondary N) is 1. The van der Waals surface area contributed by atoms with Crippen molar-refractivity contribution in [2.45, 2.75) is 19.8 Å². The smallest absolute Gasteiger partial charge is 0.260 e. The monoisotopic (exact) mass is 461 g/mol. The van der Waals surface area contributed by atoms with E-state index in [-0.39, 0.29) is 22.7 Å². The molecule has 0 fully saturated rings. The van der Waals surface area contributed by atoms with Crippen LogP contribution in [0.25, 0.3) is 5.52 Å². The number of pyridine rings is 1. The van der Waals surface area contributed by atoms with Crippen LogP contribution in [0.1, 0.15) is 46.2 Å². The van der Waals surface area contributed by atoms with Crippen molar-refractivity contribution in [2.24, 2.45) is 0 Å². The number of fused-ring (bicyclic) bond motifs is 1. The number of aromatic nitrogens is 1. The molecule has 0 aliphatic heterocycles. The topological polar surface area (TPSA) is 85.8 Å². The molecular formula is C26H24ClN3O3. The maximum Gasteiger partial charge on any atom is 0.260 e. The van der Waals surface area contributed by atoms with Crippen molar-refractivity contribution in [3.63, 3.8) is 0 Å². The number of benzene rings is 2. The number of nitrogens with two attached hydrogens (primary N) is 1. The van der Waals surface area contributed by atoms with E-state index < -0.39 is 5.91 Å². The molecule has 0 saturated heterocycles. The van der Waals surface area contributed by atoms with Gasteiger partial charge in [-0.15, -0.1) is 0 Å². The maximum absolute atomic E-state index is 13.4. The molecular weight excluding hydrogens is 438 g/mol. The van der Waals surface area contributed by atoms with Gasteiger partial charge in [0.2, 0.25) is 5.78 Å². The third kappa shape index (κ3) is 4.56. The van der Waals surface area contributed by atoms with E-state index in [2.05, 4.69) is 12.2 Å². The quantitative estimate of drug-likeness (QED) is 0.255. The molecule has 4 aromatic rings. The van der Waals surface area contributed by atoms with Gasteiger partial charge in [-0.3, -0.25) is 9.59 Å². The van der Waals surface area contributed by atoms with E-state index in [9.17, 15) is 9.59 Å². The molecule has 4 rings (SSSR count). The number of nitrogens with zero attached hydrogens (tertiary/aromatic N) is 1. The molecule has 0 atom stereocenters. The Morgan fingerprint density at radius 3 is 2.48 bits per heavy atom. The van der Waals surface area contributed by atoms with Gasteiger partial charge in [-0.1, -0.05) is 43.1 Å². The van der Waals surface area contributed by atoms with Gasteiger partial charge in [-0.2, -0.15) is 0 Å². The average Bonchev–Trinajstić information content (AvgIpc) is 3.12. The third-order valence-electron chi connectivity index (χ3n) is 5.33. The number of unbranched alkanes of at least 4 members (excludes halogenated alkanes) is 1. The summed E-state index contributed by atoms with van der Waals surface area (Å²) in [5.74, 6) is -0.0265.